The predicted molar refractivity (Wildman–Crippen MR) is 153 cm³/mol. The third kappa shape index (κ3) is 5.30. The van der Waals surface area contributed by atoms with Gasteiger partial charge in [0, 0.05) is 21.2 Å². The van der Waals surface area contributed by atoms with E-state index in [0.29, 0.717) is 15.8 Å². The number of amidine groups is 1. The van der Waals surface area contributed by atoms with Crippen LogP contribution in [0, 0.1) is 13.8 Å². The molecule has 0 spiro atoms. The van der Waals surface area contributed by atoms with Gasteiger partial charge in [0.15, 0.2) is 5.17 Å². The van der Waals surface area contributed by atoms with Gasteiger partial charge in [0.05, 0.1) is 6.04 Å². The molecule has 5 rings (SSSR count). The average Bonchev–Trinajstić information content (AvgIpc) is 3.24. The molecule has 3 nitrogen and oxygen atoms in total. The number of hydrogen-bond donors (Lipinski definition) is 0. The molecule has 1 unspecified atom stereocenters. The summed E-state index contributed by atoms with van der Waals surface area (Å²) in [6.45, 7) is 4.15. The highest BCUT2D eigenvalue weighted by atomic mass is 35.5. The quantitative estimate of drug-likeness (QED) is 0.277. The number of benzene rings is 4. The largest absolute Gasteiger partial charge is 0.308 e. The van der Waals surface area contributed by atoms with Crippen LogP contribution in [0.15, 0.2) is 113 Å². The Kier molecular flexibility index (Phi) is 7.08. The van der Waals surface area contributed by atoms with Crippen molar-refractivity contribution in [2.75, 3.05) is 4.90 Å². The van der Waals surface area contributed by atoms with Gasteiger partial charge in [-0.15, -0.1) is 0 Å². The first-order valence-corrected chi connectivity index (χ1v) is 12.9. The van der Waals surface area contributed by atoms with Gasteiger partial charge in [-0.1, -0.05) is 101 Å². The zero-order chi connectivity index (χ0) is 25.1. The molecule has 0 N–H and O–H groups in total. The van der Waals surface area contributed by atoms with Crippen molar-refractivity contribution in [3.63, 3.8) is 0 Å². The zero-order valence-corrected chi connectivity index (χ0v) is 21.6. The molecule has 0 bridgehead atoms. The number of nitrogens with zero attached hydrogens (tertiary/aromatic N) is 2. The van der Waals surface area contributed by atoms with Gasteiger partial charge in [0.1, 0.15) is 0 Å². The zero-order valence-electron chi connectivity index (χ0n) is 20.1. The number of carbonyl (C=O) groups excluding carboxylic acids is 1. The van der Waals surface area contributed by atoms with E-state index in [9.17, 15) is 4.79 Å². The van der Waals surface area contributed by atoms with Crippen LogP contribution in [0.25, 0.3) is 6.08 Å². The van der Waals surface area contributed by atoms with E-state index >= 15 is 0 Å². The summed E-state index contributed by atoms with van der Waals surface area (Å²) in [6, 6.07) is 33.7. The molecular formula is C31H25ClN2OS. The molecule has 1 aliphatic rings. The van der Waals surface area contributed by atoms with Gasteiger partial charge >= 0.3 is 0 Å². The SMILES string of the molecule is Cc1ccc(/C=C2\SC(=NC(=O)c3ccccc3)N(c3ccc(C)cc3)C2c2ccc(Cl)cc2)cc1. The molecule has 36 heavy (non-hydrogen) atoms. The number of anilines is 1. The van der Waals surface area contributed by atoms with Gasteiger partial charge in [-0.3, -0.25) is 4.79 Å². The number of amides is 1. The Bertz CT molecular complexity index is 1430. The van der Waals surface area contributed by atoms with Gasteiger partial charge in [-0.2, -0.15) is 4.99 Å². The highest BCUT2D eigenvalue weighted by Crippen LogP contribution is 2.48. The maximum absolute atomic E-state index is 13.2. The number of hydrogen-bond acceptors (Lipinski definition) is 2. The molecule has 1 saturated heterocycles. The first-order valence-electron chi connectivity index (χ1n) is 11.7. The molecule has 178 valence electrons. The predicted octanol–water partition coefficient (Wildman–Crippen LogP) is 8.49. The van der Waals surface area contributed by atoms with Crippen molar-refractivity contribution in [1.82, 2.24) is 0 Å². The van der Waals surface area contributed by atoms with E-state index in [1.807, 2.05) is 42.5 Å². The summed E-state index contributed by atoms with van der Waals surface area (Å²) in [5.41, 5.74) is 6.09. The van der Waals surface area contributed by atoms with Crippen LogP contribution in [0.1, 0.15) is 38.7 Å². The van der Waals surface area contributed by atoms with E-state index in [1.54, 1.807) is 12.1 Å². The number of thioether (sulfide) groups is 1. The van der Waals surface area contributed by atoms with Crippen molar-refractivity contribution in [2.24, 2.45) is 4.99 Å². The van der Waals surface area contributed by atoms with Gasteiger partial charge in [-0.25, -0.2) is 0 Å². The van der Waals surface area contributed by atoms with Crippen molar-refractivity contribution in [3.05, 3.63) is 141 Å². The van der Waals surface area contributed by atoms with Crippen LogP contribution in [-0.4, -0.2) is 11.1 Å². The maximum Gasteiger partial charge on any atom is 0.279 e. The molecule has 0 aromatic heterocycles. The van der Waals surface area contributed by atoms with Crippen LogP contribution in [0.5, 0.6) is 0 Å². The molecule has 0 radical (unpaired) electrons. The second-order valence-corrected chi connectivity index (χ2v) is 10.3. The van der Waals surface area contributed by atoms with Gasteiger partial charge in [0.2, 0.25) is 0 Å². The average molecular weight is 509 g/mol. The smallest absolute Gasteiger partial charge is 0.279 e. The summed E-state index contributed by atoms with van der Waals surface area (Å²) in [4.78, 5) is 21.0. The van der Waals surface area contributed by atoms with Gasteiger partial charge < -0.3 is 4.90 Å². The highest BCUT2D eigenvalue weighted by molar-refractivity contribution is 8.18. The van der Waals surface area contributed by atoms with E-state index < -0.39 is 0 Å². The summed E-state index contributed by atoms with van der Waals surface area (Å²) in [5.74, 6) is -0.262. The van der Waals surface area contributed by atoms with E-state index in [2.05, 4.69) is 78.3 Å². The minimum absolute atomic E-state index is 0.154. The molecule has 1 aliphatic heterocycles. The lowest BCUT2D eigenvalue weighted by Crippen LogP contribution is -2.28. The minimum Gasteiger partial charge on any atom is -0.308 e. The molecule has 1 atom stereocenters. The second-order valence-electron chi connectivity index (χ2n) is 8.78. The highest BCUT2D eigenvalue weighted by Gasteiger charge is 2.37. The van der Waals surface area contributed by atoms with Crippen molar-refractivity contribution in [1.29, 1.82) is 0 Å². The molecule has 0 saturated carbocycles. The van der Waals surface area contributed by atoms with Crippen LogP contribution in [0.4, 0.5) is 5.69 Å². The van der Waals surface area contributed by atoms with E-state index in [-0.39, 0.29) is 11.9 Å². The third-order valence-electron chi connectivity index (χ3n) is 6.05. The summed E-state index contributed by atoms with van der Waals surface area (Å²) in [6.07, 6.45) is 2.18. The Morgan fingerprint density at radius 3 is 2.08 bits per heavy atom. The Morgan fingerprint density at radius 1 is 0.833 bits per heavy atom. The number of rotatable bonds is 4. The lowest BCUT2D eigenvalue weighted by molar-refractivity contribution is 0.100. The fourth-order valence-electron chi connectivity index (χ4n) is 4.12. The lowest BCUT2D eigenvalue weighted by atomic mass is 10.0. The minimum atomic E-state index is -0.262. The van der Waals surface area contributed by atoms with Crippen molar-refractivity contribution in [2.45, 2.75) is 19.9 Å². The molecule has 1 fully saturated rings. The molecule has 1 heterocycles. The number of aliphatic imine (C=N–C) groups is 1. The summed E-state index contributed by atoms with van der Waals surface area (Å²) < 4.78 is 0. The van der Waals surface area contributed by atoms with Crippen LogP contribution in [0.2, 0.25) is 5.02 Å². The Morgan fingerprint density at radius 2 is 1.44 bits per heavy atom. The molecule has 4 aromatic rings. The van der Waals surface area contributed by atoms with E-state index in [4.69, 9.17) is 11.6 Å². The van der Waals surface area contributed by atoms with E-state index in [1.165, 1.54) is 22.9 Å². The van der Waals surface area contributed by atoms with Crippen molar-refractivity contribution < 1.29 is 4.79 Å². The van der Waals surface area contributed by atoms with Crippen LogP contribution in [-0.2, 0) is 0 Å². The second kappa shape index (κ2) is 10.6. The number of halogens is 1. The summed E-state index contributed by atoms with van der Waals surface area (Å²) in [7, 11) is 0. The molecule has 0 aliphatic carbocycles. The molecule has 4 aromatic carbocycles. The normalized spacial score (nSPS) is 17.6. The van der Waals surface area contributed by atoms with Crippen LogP contribution < -0.4 is 4.90 Å². The number of carbonyl (C=O) groups is 1. The fraction of sp³-hybridized carbons (Fsp3) is 0.0968. The first-order chi connectivity index (χ1) is 17.5. The Balaban J connectivity index is 1.67. The monoisotopic (exact) mass is 508 g/mol. The molecular weight excluding hydrogens is 484 g/mol. The van der Waals surface area contributed by atoms with E-state index in [0.717, 1.165) is 21.7 Å². The number of aryl methyl sites for hydroxylation is 2. The Hall–Kier alpha value is -3.60. The Labute approximate surface area is 221 Å². The van der Waals surface area contributed by atoms with Crippen molar-refractivity contribution in [3.8, 4) is 0 Å². The fourth-order valence-corrected chi connectivity index (χ4v) is 5.44. The lowest BCUT2D eigenvalue weighted by Gasteiger charge is -2.27. The van der Waals surface area contributed by atoms with Gasteiger partial charge in [0.25, 0.3) is 5.91 Å². The van der Waals surface area contributed by atoms with Crippen LogP contribution >= 0.6 is 23.4 Å². The maximum atomic E-state index is 13.2. The first kappa shape index (κ1) is 24.1. The molecule has 5 heteroatoms. The van der Waals surface area contributed by atoms with Crippen molar-refractivity contribution >= 4 is 46.2 Å². The third-order valence-corrected chi connectivity index (χ3v) is 7.34. The van der Waals surface area contributed by atoms with Crippen LogP contribution in [0.3, 0.4) is 0 Å². The standard InChI is InChI=1S/C31H25ClN2OS/c1-21-8-12-23(13-9-21)20-28-29(24-14-16-26(32)17-15-24)34(27-18-10-22(2)11-19-27)31(36-28)33-30(35)25-6-4-3-5-7-25/h3-20,29H,1-2H3/b28-20-,33-31?. The summed E-state index contributed by atoms with van der Waals surface area (Å²) in [5, 5.41) is 1.33. The topological polar surface area (TPSA) is 32.7 Å². The van der Waals surface area contributed by atoms with Gasteiger partial charge in [-0.05, 0) is 67.4 Å². The molecule has 1 amide bonds. The summed E-state index contributed by atoms with van der Waals surface area (Å²) >= 11 is 7.76.